The summed E-state index contributed by atoms with van der Waals surface area (Å²) >= 11 is 0. The maximum Gasteiger partial charge on any atom is 0.270 e. The average molecular weight is 400 g/mol. The first kappa shape index (κ1) is 19.7. The molecule has 0 spiro atoms. The minimum Gasteiger partial charge on any atom is -0.340 e. The number of nitrogens with zero attached hydrogens (tertiary/aromatic N) is 5. The van der Waals surface area contributed by atoms with Crippen LogP contribution in [0.2, 0.25) is 0 Å². The van der Waals surface area contributed by atoms with E-state index in [1.54, 1.807) is 18.5 Å². The highest BCUT2D eigenvalue weighted by molar-refractivity contribution is 5.93. The predicted molar refractivity (Wildman–Crippen MR) is 114 cm³/mol. The van der Waals surface area contributed by atoms with Crippen LogP contribution < -0.4 is 5.32 Å². The highest BCUT2D eigenvalue weighted by atomic mass is 16.2. The number of hydrogen-bond acceptors (Lipinski definition) is 5. The lowest BCUT2D eigenvalue weighted by molar-refractivity contribution is 0.0935. The lowest BCUT2D eigenvalue weighted by atomic mass is 9.96. The van der Waals surface area contributed by atoms with Crippen molar-refractivity contribution in [1.82, 2.24) is 29.9 Å². The number of rotatable bonds is 5. The summed E-state index contributed by atoms with van der Waals surface area (Å²) in [7, 11) is 0. The van der Waals surface area contributed by atoms with E-state index in [-0.39, 0.29) is 17.9 Å². The van der Waals surface area contributed by atoms with Gasteiger partial charge in [-0.1, -0.05) is 32.0 Å². The Hall–Kier alpha value is -3.61. The number of fused-ring (bicyclic) bond motifs is 1. The zero-order valence-electron chi connectivity index (χ0n) is 17.5. The van der Waals surface area contributed by atoms with Crippen molar-refractivity contribution in [3.63, 3.8) is 0 Å². The summed E-state index contributed by atoms with van der Waals surface area (Å²) in [5.74, 6) is 0.335. The van der Waals surface area contributed by atoms with Crippen LogP contribution in [-0.2, 0) is 0 Å². The standard InChI is InChI=1S/C23H24N6O/c1-14(2)19-12-20(29-23(27-19)25-13-26-29)22(30)28-21(17-7-9-24-10-8-17)18-6-5-15(3)16(4)11-18/h5-14,21H,1-4H3,(H,28,30). The second-order valence-corrected chi connectivity index (χ2v) is 7.72. The molecule has 3 heterocycles. The zero-order chi connectivity index (χ0) is 21.3. The quantitative estimate of drug-likeness (QED) is 0.551. The molecule has 0 saturated heterocycles. The fraction of sp³-hybridized carbons (Fsp3) is 0.261. The van der Waals surface area contributed by atoms with Gasteiger partial charge in [-0.3, -0.25) is 9.78 Å². The molecule has 152 valence electrons. The van der Waals surface area contributed by atoms with Crippen molar-refractivity contribution >= 4 is 11.7 Å². The molecule has 0 saturated carbocycles. The monoisotopic (exact) mass is 400 g/mol. The lowest BCUT2D eigenvalue weighted by Crippen LogP contribution is -2.31. The van der Waals surface area contributed by atoms with Crippen molar-refractivity contribution in [2.45, 2.75) is 39.7 Å². The number of hydrogen-bond donors (Lipinski definition) is 1. The molecule has 0 aliphatic carbocycles. The van der Waals surface area contributed by atoms with Crippen LogP contribution in [0.1, 0.15) is 64.2 Å². The molecule has 3 aromatic heterocycles. The Morgan fingerprint density at radius 2 is 1.77 bits per heavy atom. The Labute approximate surface area is 175 Å². The van der Waals surface area contributed by atoms with Crippen LogP contribution in [0.25, 0.3) is 5.78 Å². The van der Waals surface area contributed by atoms with Gasteiger partial charge in [-0.25, -0.2) is 4.98 Å². The molecule has 1 atom stereocenters. The molecular weight excluding hydrogens is 376 g/mol. The van der Waals surface area contributed by atoms with Gasteiger partial charge in [0.05, 0.1) is 6.04 Å². The number of pyridine rings is 1. The van der Waals surface area contributed by atoms with E-state index in [1.807, 2.05) is 32.0 Å². The summed E-state index contributed by atoms with van der Waals surface area (Å²) in [5, 5.41) is 7.37. The van der Waals surface area contributed by atoms with Gasteiger partial charge in [0.1, 0.15) is 12.0 Å². The fourth-order valence-electron chi connectivity index (χ4n) is 3.35. The number of benzene rings is 1. The van der Waals surface area contributed by atoms with E-state index in [2.05, 4.69) is 51.3 Å². The first-order valence-electron chi connectivity index (χ1n) is 9.92. The normalized spacial score (nSPS) is 12.3. The summed E-state index contributed by atoms with van der Waals surface area (Å²) in [6.45, 7) is 8.21. The molecule has 4 rings (SSSR count). The Bertz CT molecular complexity index is 1200. The molecule has 1 unspecified atom stereocenters. The molecule has 30 heavy (non-hydrogen) atoms. The van der Waals surface area contributed by atoms with Crippen LogP contribution in [-0.4, -0.2) is 30.5 Å². The molecule has 1 aromatic carbocycles. The van der Waals surface area contributed by atoms with Crippen LogP contribution in [0.15, 0.2) is 55.1 Å². The second kappa shape index (κ2) is 8.02. The summed E-state index contributed by atoms with van der Waals surface area (Å²) < 4.78 is 1.48. The van der Waals surface area contributed by atoms with Crippen molar-refractivity contribution in [3.05, 3.63) is 88.8 Å². The van der Waals surface area contributed by atoms with Crippen molar-refractivity contribution in [2.75, 3.05) is 0 Å². The molecule has 7 nitrogen and oxygen atoms in total. The van der Waals surface area contributed by atoms with Gasteiger partial charge in [0.25, 0.3) is 11.7 Å². The number of aromatic nitrogens is 5. The Balaban J connectivity index is 1.77. The first-order valence-corrected chi connectivity index (χ1v) is 9.92. The lowest BCUT2D eigenvalue weighted by Gasteiger charge is -2.21. The Morgan fingerprint density at radius 1 is 1.00 bits per heavy atom. The van der Waals surface area contributed by atoms with Crippen LogP contribution in [0.5, 0.6) is 0 Å². The van der Waals surface area contributed by atoms with Crippen LogP contribution in [0.4, 0.5) is 0 Å². The largest absolute Gasteiger partial charge is 0.340 e. The maximum atomic E-state index is 13.4. The second-order valence-electron chi connectivity index (χ2n) is 7.72. The van der Waals surface area contributed by atoms with Gasteiger partial charge in [0, 0.05) is 18.1 Å². The van der Waals surface area contributed by atoms with E-state index in [9.17, 15) is 4.79 Å². The van der Waals surface area contributed by atoms with Gasteiger partial charge in [-0.2, -0.15) is 14.6 Å². The summed E-state index contributed by atoms with van der Waals surface area (Å²) in [5.41, 5.74) is 5.54. The summed E-state index contributed by atoms with van der Waals surface area (Å²) in [4.78, 5) is 26.2. The van der Waals surface area contributed by atoms with Gasteiger partial charge < -0.3 is 5.32 Å². The van der Waals surface area contributed by atoms with E-state index < -0.39 is 0 Å². The Morgan fingerprint density at radius 3 is 2.47 bits per heavy atom. The molecule has 1 amide bonds. The van der Waals surface area contributed by atoms with Crippen molar-refractivity contribution < 1.29 is 4.79 Å². The van der Waals surface area contributed by atoms with E-state index >= 15 is 0 Å². The van der Waals surface area contributed by atoms with Crippen molar-refractivity contribution in [1.29, 1.82) is 0 Å². The smallest absolute Gasteiger partial charge is 0.270 e. The van der Waals surface area contributed by atoms with Crippen molar-refractivity contribution in [3.8, 4) is 0 Å². The van der Waals surface area contributed by atoms with Gasteiger partial charge in [0.2, 0.25) is 0 Å². The van der Waals surface area contributed by atoms with E-state index in [4.69, 9.17) is 0 Å². The average Bonchev–Trinajstić information content (AvgIpc) is 3.22. The third kappa shape index (κ3) is 3.78. The third-order valence-corrected chi connectivity index (χ3v) is 5.27. The zero-order valence-corrected chi connectivity index (χ0v) is 17.5. The van der Waals surface area contributed by atoms with Crippen LogP contribution in [0.3, 0.4) is 0 Å². The minimum atomic E-state index is -0.325. The van der Waals surface area contributed by atoms with Gasteiger partial charge in [0.15, 0.2) is 0 Å². The molecule has 4 aromatic rings. The Kier molecular flexibility index (Phi) is 5.27. The minimum absolute atomic E-state index is 0.161. The topological polar surface area (TPSA) is 85.1 Å². The molecule has 0 fully saturated rings. The number of carbonyl (C=O) groups excluding carboxylic acids is 1. The summed E-state index contributed by atoms with van der Waals surface area (Å²) in [6, 6.07) is 11.5. The predicted octanol–water partition coefficient (Wildman–Crippen LogP) is 3.78. The molecule has 1 N–H and O–H groups in total. The summed E-state index contributed by atoms with van der Waals surface area (Å²) in [6.07, 6.45) is 4.87. The van der Waals surface area contributed by atoms with E-state index in [1.165, 1.54) is 22.0 Å². The molecular formula is C23H24N6O. The van der Waals surface area contributed by atoms with E-state index in [0.717, 1.165) is 16.8 Å². The number of amides is 1. The molecule has 0 bridgehead atoms. The fourth-order valence-corrected chi connectivity index (χ4v) is 3.35. The SMILES string of the molecule is Cc1ccc(C(NC(=O)c2cc(C(C)C)nc3ncnn23)c2ccncc2)cc1C. The molecule has 0 aliphatic rings. The highest BCUT2D eigenvalue weighted by Gasteiger charge is 2.22. The number of aryl methyl sites for hydroxylation is 2. The van der Waals surface area contributed by atoms with Gasteiger partial charge in [-0.05, 0) is 60.2 Å². The van der Waals surface area contributed by atoms with Crippen LogP contribution in [0, 0.1) is 13.8 Å². The third-order valence-electron chi connectivity index (χ3n) is 5.27. The number of carbonyl (C=O) groups is 1. The molecule has 0 aliphatic heterocycles. The molecule has 7 heteroatoms. The van der Waals surface area contributed by atoms with Crippen LogP contribution >= 0.6 is 0 Å². The first-order chi connectivity index (χ1) is 14.4. The highest BCUT2D eigenvalue weighted by Crippen LogP contribution is 2.25. The van der Waals surface area contributed by atoms with E-state index in [0.29, 0.717) is 11.5 Å². The maximum absolute atomic E-state index is 13.4. The molecule has 0 radical (unpaired) electrons. The number of nitrogens with one attached hydrogen (secondary N) is 1. The van der Waals surface area contributed by atoms with Gasteiger partial charge >= 0.3 is 0 Å². The van der Waals surface area contributed by atoms with Gasteiger partial charge in [-0.15, -0.1) is 0 Å². The van der Waals surface area contributed by atoms with Crippen molar-refractivity contribution in [2.24, 2.45) is 0 Å².